The molecule has 0 bridgehead atoms. The number of fused-ring (bicyclic) bond motifs is 3. The van der Waals surface area contributed by atoms with Gasteiger partial charge in [-0.25, -0.2) is 12.4 Å². The second-order valence-corrected chi connectivity index (χ2v) is 8.24. The van der Waals surface area contributed by atoms with Crippen LogP contribution < -0.4 is 5.32 Å². The van der Waals surface area contributed by atoms with Crippen LogP contribution in [0.1, 0.15) is 22.4 Å². The van der Waals surface area contributed by atoms with Gasteiger partial charge >= 0.3 is 0 Å². The molecule has 0 atom stereocenters. The van der Waals surface area contributed by atoms with Crippen molar-refractivity contribution in [1.82, 2.24) is 9.29 Å². The lowest BCUT2D eigenvalue weighted by Crippen LogP contribution is -2.26. The van der Waals surface area contributed by atoms with Crippen molar-refractivity contribution in [1.29, 1.82) is 0 Å². The van der Waals surface area contributed by atoms with Crippen molar-refractivity contribution < 1.29 is 8.42 Å². The molecule has 2 aromatic carbocycles. The Morgan fingerprint density at radius 1 is 1.00 bits per heavy atom. The van der Waals surface area contributed by atoms with Crippen LogP contribution in [0, 0.1) is 13.8 Å². The summed E-state index contributed by atoms with van der Waals surface area (Å²) in [4.78, 5) is 0.340. The molecule has 4 rings (SSSR count). The zero-order chi connectivity index (χ0) is 16.9. The topological polar surface area (TPSA) is 51.1 Å². The van der Waals surface area contributed by atoms with Crippen molar-refractivity contribution in [2.75, 3.05) is 6.54 Å². The largest absolute Gasteiger partial charge is 0.312 e. The van der Waals surface area contributed by atoms with Gasteiger partial charge in [-0.2, -0.15) is 0 Å². The lowest BCUT2D eigenvalue weighted by atomic mass is 10.0. The van der Waals surface area contributed by atoms with Crippen LogP contribution in [-0.4, -0.2) is 18.9 Å². The first-order valence-corrected chi connectivity index (χ1v) is 9.58. The highest BCUT2D eigenvalue weighted by Crippen LogP contribution is 2.32. The maximum absolute atomic E-state index is 13.3. The molecule has 0 aliphatic carbocycles. The van der Waals surface area contributed by atoms with Gasteiger partial charge in [0.1, 0.15) is 0 Å². The van der Waals surface area contributed by atoms with Crippen molar-refractivity contribution in [3.63, 3.8) is 0 Å². The fourth-order valence-electron chi connectivity index (χ4n) is 3.45. The second-order valence-electron chi connectivity index (χ2n) is 6.46. The van der Waals surface area contributed by atoms with Gasteiger partial charge in [0.2, 0.25) is 0 Å². The molecular weight excluding hydrogens is 320 g/mol. The van der Waals surface area contributed by atoms with Crippen molar-refractivity contribution in [2.45, 2.75) is 31.7 Å². The quantitative estimate of drug-likeness (QED) is 0.780. The van der Waals surface area contributed by atoms with Crippen molar-refractivity contribution in [2.24, 2.45) is 0 Å². The molecule has 1 aliphatic heterocycles. The summed E-state index contributed by atoms with van der Waals surface area (Å²) in [6.07, 6.45) is 0.716. The maximum Gasteiger partial charge on any atom is 0.268 e. The molecule has 1 N–H and O–H groups in total. The predicted molar refractivity (Wildman–Crippen MR) is 95.8 cm³/mol. The van der Waals surface area contributed by atoms with E-state index in [4.69, 9.17) is 0 Å². The Labute approximate surface area is 142 Å². The van der Waals surface area contributed by atoms with Gasteiger partial charge < -0.3 is 5.32 Å². The molecule has 0 saturated carbocycles. The smallest absolute Gasteiger partial charge is 0.268 e. The Morgan fingerprint density at radius 2 is 1.71 bits per heavy atom. The van der Waals surface area contributed by atoms with Crippen LogP contribution >= 0.6 is 0 Å². The van der Waals surface area contributed by atoms with E-state index < -0.39 is 10.0 Å². The summed E-state index contributed by atoms with van der Waals surface area (Å²) in [6, 6.07) is 13.1. The van der Waals surface area contributed by atoms with E-state index >= 15 is 0 Å². The van der Waals surface area contributed by atoms with Crippen LogP contribution in [0.2, 0.25) is 0 Å². The normalized spacial score (nSPS) is 14.8. The molecule has 0 amide bonds. The van der Waals surface area contributed by atoms with E-state index in [0.29, 0.717) is 17.9 Å². The van der Waals surface area contributed by atoms with Crippen molar-refractivity contribution in [3.05, 3.63) is 64.8 Å². The lowest BCUT2D eigenvalue weighted by molar-refractivity contribution is 0.580. The zero-order valence-corrected chi connectivity index (χ0v) is 14.7. The van der Waals surface area contributed by atoms with E-state index in [1.807, 2.05) is 38.1 Å². The summed E-state index contributed by atoms with van der Waals surface area (Å²) in [7, 11) is -3.60. The molecule has 2 heterocycles. The van der Waals surface area contributed by atoms with E-state index in [0.717, 1.165) is 39.8 Å². The number of hydrogen-bond donors (Lipinski definition) is 1. The highest BCUT2D eigenvalue weighted by atomic mass is 32.2. The molecule has 0 spiro atoms. The van der Waals surface area contributed by atoms with Crippen LogP contribution in [0.3, 0.4) is 0 Å². The van der Waals surface area contributed by atoms with Gasteiger partial charge in [-0.15, -0.1) is 0 Å². The Morgan fingerprint density at radius 3 is 2.46 bits per heavy atom. The van der Waals surface area contributed by atoms with Crippen LogP contribution in [0.5, 0.6) is 0 Å². The van der Waals surface area contributed by atoms with Gasteiger partial charge in [0.05, 0.1) is 10.4 Å². The average molecular weight is 340 g/mol. The fourth-order valence-corrected chi connectivity index (χ4v) is 5.05. The number of rotatable bonds is 2. The van der Waals surface area contributed by atoms with Gasteiger partial charge in [-0.3, -0.25) is 0 Å². The molecular formula is C19H20N2O2S. The standard InChI is InChI=1S/C19H20N2O2S/c1-13-3-6-15(7-4-13)24(22,23)21-18-8-5-14(2)11-16(18)17-12-20-10-9-19(17)21/h3-8,11,20H,9-10,12H2,1-2H3. The van der Waals surface area contributed by atoms with E-state index in [-0.39, 0.29) is 0 Å². The molecule has 0 unspecified atom stereocenters. The second kappa shape index (κ2) is 5.46. The molecule has 0 fully saturated rings. The minimum Gasteiger partial charge on any atom is -0.312 e. The van der Waals surface area contributed by atoms with Crippen LogP contribution in [-0.2, 0) is 23.0 Å². The summed E-state index contributed by atoms with van der Waals surface area (Å²) in [5.74, 6) is 0. The fraction of sp³-hybridized carbons (Fsp3) is 0.263. The van der Waals surface area contributed by atoms with Crippen LogP contribution in [0.15, 0.2) is 47.4 Å². The van der Waals surface area contributed by atoms with E-state index in [2.05, 4.69) is 11.4 Å². The molecule has 5 heteroatoms. The Kier molecular flexibility index (Phi) is 3.51. The number of nitrogens with zero attached hydrogens (tertiary/aromatic N) is 1. The molecule has 1 aliphatic rings. The number of hydrogen-bond acceptors (Lipinski definition) is 3. The molecule has 0 radical (unpaired) electrons. The van der Waals surface area contributed by atoms with Gasteiger partial charge in [-0.05, 0) is 43.7 Å². The lowest BCUT2D eigenvalue weighted by Gasteiger charge is -2.17. The van der Waals surface area contributed by atoms with Gasteiger partial charge in [-0.1, -0.05) is 29.3 Å². The van der Waals surface area contributed by atoms with Crippen LogP contribution in [0.25, 0.3) is 10.9 Å². The summed E-state index contributed by atoms with van der Waals surface area (Å²) < 4.78 is 28.2. The van der Waals surface area contributed by atoms with Crippen molar-refractivity contribution in [3.8, 4) is 0 Å². The van der Waals surface area contributed by atoms with E-state index in [1.165, 1.54) is 0 Å². The monoisotopic (exact) mass is 340 g/mol. The minimum atomic E-state index is -3.60. The number of benzene rings is 2. The van der Waals surface area contributed by atoms with Gasteiger partial charge in [0.25, 0.3) is 10.0 Å². The minimum absolute atomic E-state index is 0.340. The highest BCUT2D eigenvalue weighted by Gasteiger charge is 2.27. The molecule has 3 aromatic rings. The molecule has 1 aromatic heterocycles. The third-order valence-corrected chi connectivity index (χ3v) is 6.45. The number of aromatic nitrogens is 1. The first-order valence-electron chi connectivity index (χ1n) is 8.14. The molecule has 24 heavy (non-hydrogen) atoms. The average Bonchev–Trinajstić information content (AvgIpc) is 2.90. The summed E-state index contributed by atoms with van der Waals surface area (Å²) >= 11 is 0. The Balaban J connectivity index is 2.04. The van der Waals surface area contributed by atoms with Crippen LogP contribution in [0.4, 0.5) is 0 Å². The summed E-state index contributed by atoms with van der Waals surface area (Å²) in [5.41, 5.74) is 4.98. The zero-order valence-electron chi connectivity index (χ0n) is 13.8. The predicted octanol–water partition coefficient (Wildman–Crippen LogP) is 3.14. The van der Waals surface area contributed by atoms with Gasteiger partial charge in [0, 0.05) is 30.6 Å². The highest BCUT2D eigenvalue weighted by molar-refractivity contribution is 7.90. The third-order valence-electron chi connectivity index (χ3n) is 4.69. The third kappa shape index (κ3) is 2.27. The summed E-state index contributed by atoms with van der Waals surface area (Å²) in [6.45, 7) is 5.50. The Bertz CT molecular complexity index is 1030. The van der Waals surface area contributed by atoms with E-state index in [1.54, 1.807) is 16.1 Å². The first-order chi connectivity index (χ1) is 11.5. The first kappa shape index (κ1) is 15.4. The molecule has 124 valence electrons. The SMILES string of the molecule is Cc1ccc(S(=O)(=O)n2c3c(c4cc(C)ccc42)CNCC3)cc1. The Hall–Kier alpha value is -2.11. The maximum atomic E-state index is 13.3. The molecule has 4 nitrogen and oxygen atoms in total. The summed E-state index contributed by atoms with van der Waals surface area (Å²) in [5, 5.41) is 4.39. The van der Waals surface area contributed by atoms with Crippen molar-refractivity contribution >= 4 is 20.9 Å². The number of aryl methyl sites for hydroxylation is 2. The van der Waals surface area contributed by atoms with Gasteiger partial charge in [0.15, 0.2) is 0 Å². The molecule has 0 saturated heterocycles. The van der Waals surface area contributed by atoms with E-state index in [9.17, 15) is 8.42 Å². The number of nitrogens with one attached hydrogen (secondary N) is 1.